The lowest BCUT2D eigenvalue weighted by Gasteiger charge is -2.42. The average molecular weight is 218 g/mol. The van der Waals surface area contributed by atoms with Crippen molar-refractivity contribution in [1.29, 1.82) is 0 Å². The SMILES string of the molecule is C[C@@H]1CC[C@@H](N)[C@@H](C)N1Cc1ccccc1. The van der Waals surface area contributed by atoms with Crippen molar-refractivity contribution in [2.75, 3.05) is 0 Å². The number of hydrogen-bond acceptors (Lipinski definition) is 2. The third kappa shape index (κ3) is 2.45. The van der Waals surface area contributed by atoms with Crippen LogP contribution in [0.4, 0.5) is 0 Å². The molecule has 1 aliphatic heterocycles. The zero-order chi connectivity index (χ0) is 11.5. The fraction of sp³-hybridized carbons (Fsp3) is 0.571. The maximum Gasteiger partial charge on any atom is 0.0240 e. The maximum absolute atomic E-state index is 6.14. The van der Waals surface area contributed by atoms with E-state index < -0.39 is 0 Å². The van der Waals surface area contributed by atoms with Crippen LogP contribution in [0, 0.1) is 0 Å². The van der Waals surface area contributed by atoms with Crippen LogP contribution in [0.3, 0.4) is 0 Å². The van der Waals surface area contributed by atoms with Crippen LogP contribution >= 0.6 is 0 Å². The monoisotopic (exact) mass is 218 g/mol. The van der Waals surface area contributed by atoms with Crippen LogP contribution in [0.15, 0.2) is 30.3 Å². The fourth-order valence-electron chi connectivity index (χ4n) is 2.58. The van der Waals surface area contributed by atoms with E-state index in [0.717, 1.165) is 13.0 Å². The highest BCUT2D eigenvalue weighted by atomic mass is 15.2. The highest BCUT2D eigenvalue weighted by molar-refractivity contribution is 5.15. The molecule has 2 rings (SSSR count). The van der Waals surface area contributed by atoms with E-state index in [0.29, 0.717) is 18.1 Å². The van der Waals surface area contributed by atoms with Crippen molar-refractivity contribution in [1.82, 2.24) is 4.90 Å². The van der Waals surface area contributed by atoms with Gasteiger partial charge in [0.15, 0.2) is 0 Å². The van der Waals surface area contributed by atoms with E-state index in [1.165, 1.54) is 12.0 Å². The second-order valence-electron chi connectivity index (χ2n) is 4.99. The third-order valence-corrected chi connectivity index (χ3v) is 3.83. The molecule has 1 aliphatic rings. The predicted molar refractivity (Wildman–Crippen MR) is 68.1 cm³/mol. The van der Waals surface area contributed by atoms with Gasteiger partial charge < -0.3 is 5.73 Å². The molecule has 1 aromatic carbocycles. The van der Waals surface area contributed by atoms with Crippen LogP contribution in [0.25, 0.3) is 0 Å². The quantitative estimate of drug-likeness (QED) is 0.826. The van der Waals surface area contributed by atoms with Crippen molar-refractivity contribution >= 4 is 0 Å². The summed E-state index contributed by atoms with van der Waals surface area (Å²) in [5.41, 5.74) is 7.53. The zero-order valence-electron chi connectivity index (χ0n) is 10.3. The van der Waals surface area contributed by atoms with E-state index in [2.05, 4.69) is 49.1 Å². The molecule has 0 bridgehead atoms. The van der Waals surface area contributed by atoms with Crippen LogP contribution < -0.4 is 5.73 Å². The zero-order valence-corrected chi connectivity index (χ0v) is 10.3. The summed E-state index contributed by atoms with van der Waals surface area (Å²) in [4.78, 5) is 2.53. The van der Waals surface area contributed by atoms with E-state index in [9.17, 15) is 0 Å². The van der Waals surface area contributed by atoms with E-state index in [-0.39, 0.29) is 0 Å². The Bertz CT molecular complexity index is 323. The molecule has 0 aliphatic carbocycles. The Kier molecular flexibility index (Phi) is 3.62. The minimum atomic E-state index is 0.333. The maximum atomic E-state index is 6.14. The van der Waals surface area contributed by atoms with Gasteiger partial charge in [-0.25, -0.2) is 0 Å². The number of rotatable bonds is 2. The van der Waals surface area contributed by atoms with Crippen LogP contribution in [0.5, 0.6) is 0 Å². The summed E-state index contributed by atoms with van der Waals surface area (Å²) in [6.07, 6.45) is 2.38. The van der Waals surface area contributed by atoms with E-state index in [1.54, 1.807) is 0 Å². The molecule has 0 aromatic heterocycles. The summed E-state index contributed by atoms with van der Waals surface area (Å²) < 4.78 is 0. The second kappa shape index (κ2) is 4.98. The third-order valence-electron chi connectivity index (χ3n) is 3.83. The molecular weight excluding hydrogens is 196 g/mol. The Morgan fingerprint density at radius 3 is 2.56 bits per heavy atom. The van der Waals surface area contributed by atoms with Gasteiger partial charge in [-0.2, -0.15) is 0 Å². The molecule has 3 atom stereocenters. The Labute approximate surface area is 98.4 Å². The molecule has 0 amide bonds. The summed E-state index contributed by atoms with van der Waals surface area (Å²) in [6, 6.07) is 12.1. The molecule has 0 radical (unpaired) electrons. The van der Waals surface area contributed by atoms with Gasteiger partial charge in [0.05, 0.1) is 0 Å². The first-order chi connectivity index (χ1) is 7.68. The largest absolute Gasteiger partial charge is 0.326 e. The molecule has 1 heterocycles. The molecule has 0 saturated carbocycles. The van der Waals surface area contributed by atoms with Crippen LogP contribution in [0.2, 0.25) is 0 Å². The number of benzene rings is 1. The van der Waals surface area contributed by atoms with Crippen molar-refractivity contribution in [2.45, 2.75) is 51.4 Å². The number of nitrogens with two attached hydrogens (primary N) is 1. The number of piperidine rings is 1. The molecule has 0 unspecified atom stereocenters. The van der Waals surface area contributed by atoms with E-state index >= 15 is 0 Å². The highest BCUT2D eigenvalue weighted by Gasteiger charge is 2.29. The van der Waals surface area contributed by atoms with Gasteiger partial charge in [0.2, 0.25) is 0 Å². The van der Waals surface area contributed by atoms with Gasteiger partial charge in [-0.3, -0.25) is 4.90 Å². The van der Waals surface area contributed by atoms with Gasteiger partial charge in [0, 0.05) is 24.7 Å². The topological polar surface area (TPSA) is 29.3 Å². The lowest BCUT2D eigenvalue weighted by atomic mass is 9.92. The van der Waals surface area contributed by atoms with Gasteiger partial charge in [0.25, 0.3) is 0 Å². The summed E-state index contributed by atoms with van der Waals surface area (Å²) in [7, 11) is 0. The molecule has 88 valence electrons. The summed E-state index contributed by atoms with van der Waals surface area (Å²) in [5.74, 6) is 0. The molecule has 2 N–H and O–H groups in total. The second-order valence-corrected chi connectivity index (χ2v) is 4.99. The molecule has 16 heavy (non-hydrogen) atoms. The Hall–Kier alpha value is -0.860. The Balaban J connectivity index is 2.07. The highest BCUT2D eigenvalue weighted by Crippen LogP contribution is 2.23. The lowest BCUT2D eigenvalue weighted by Crippen LogP contribution is -2.53. The Morgan fingerprint density at radius 2 is 1.88 bits per heavy atom. The average Bonchev–Trinajstić information content (AvgIpc) is 2.31. The van der Waals surface area contributed by atoms with Crippen LogP contribution in [0.1, 0.15) is 32.3 Å². The van der Waals surface area contributed by atoms with Crippen molar-refractivity contribution in [3.8, 4) is 0 Å². The predicted octanol–water partition coefficient (Wildman–Crippen LogP) is 2.39. The number of hydrogen-bond donors (Lipinski definition) is 1. The van der Waals surface area contributed by atoms with Gasteiger partial charge in [0.1, 0.15) is 0 Å². The normalized spacial score (nSPS) is 31.6. The van der Waals surface area contributed by atoms with Crippen molar-refractivity contribution in [2.24, 2.45) is 5.73 Å². The van der Waals surface area contributed by atoms with Crippen molar-refractivity contribution in [3.63, 3.8) is 0 Å². The van der Waals surface area contributed by atoms with Crippen LogP contribution in [-0.4, -0.2) is 23.0 Å². The summed E-state index contributed by atoms with van der Waals surface area (Å²) in [5, 5.41) is 0. The Morgan fingerprint density at radius 1 is 1.19 bits per heavy atom. The standard InChI is InChI=1S/C14H22N2/c1-11-8-9-14(15)12(2)16(11)10-13-6-4-3-5-7-13/h3-7,11-12,14H,8-10,15H2,1-2H3/t11-,12-,14-/m1/s1. The van der Waals surface area contributed by atoms with E-state index in [1.807, 2.05) is 0 Å². The minimum Gasteiger partial charge on any atom is -0.326 e. The molecule has 2 nitrogen and oxygen atoms in total. The molecule has 1 saturated heterocycles. The summed E-state index contributed by atoms with van der Waals surface area (Å²) >= 11 is 0. The van der Waals surface area contributed by atoms with Crippen LogP contribution in [-0.2, 0) is 6.54 Å². The summed E-state index contributed by atoms with van der Waals surface area (Å²) in [6.45, 7) is 5.59. The van der Waals surface area contributed by atoms with Gasteiger partial charge >= 0.3 is 0 Å². The van der Waals surface area contributed by atoms with Crippen molar-refractivity contribution < 1.29 is 0 Å². The van der Waals surface area contributed by atoms with Crippen molar-refractivity contribution in [3.05, 3.63) is 35.9 Å². The first kappa shape index (κ1) is 11.6. The number of nitrogens with zero attached hydrogens (tertiary/aromatic N) is 1. The molecule has 2 heteroatoms. The fourth-order valence-corrected chi connectivity index (χ4v) is 2.58. The van der Waals surface area contributed by atoms with Gasteiger partial charge in [-0.05, 0) is 32.3 Å². The number of likely N-dealkylation sites (tertiary alicyclic amines) is 1. The van der Waals surface area contributed by atoms with Gasteiger partial charge in [-0.1, -0.05) is 30.3 Å². The van der Waals surface area contributed by atoms with E-state index in [4.69, 9.17) is 5.73 Å². The lowest BCUT2D eigenvalue weighted by molar-refractivity contribution is 0.0795. The molecule has 0 spiro atoms. The first-order valence-electron chi connectivity index (χ1n) is 6.23. The molecule has 1 aromatic rings. The first-order valence-corrected chi connectivity index (χ1v) is 6.23. The molecular formula is C14H22N2. The minimum absolute atomic E-state index is 0.333. The molecule has 1 fully saturated rings. The smallest absolute Gasteiger partial charge is 0.0240 e. The van der Waals surface area contributed by atoms with Gasteiger partial charge in [-0.15, -0.1) is 0 Å².